The maximum Gasteiger partial charge on any atom is 0.350 e. The Morgan fingerprint density at radius 3 is 2.49 bits per heavy atom. The number of nitrogens with zero attached hydrogens (tertiary/aromatic N) is 7. The lowest BCUT2D eigenvalue weighted by Crippen LogP contribution is -2.59. The largest absolute Gasteiger partial charge is 0.497 e. The molecule has 10 nitrogen and oxygen atoms in total. The second-order valence-electron chi connectivity index (χ2n) is 11.0. The molecule has 2 aliphatic rings. The maximum absolute atomic E-state index is 13.0. The number of rotatable bonds is 8. The topological polar surface area (TPSA) is 93.9 Å². The third-order valence-electron chi connectivity index (χ3n) is 8.56. The molecule has 1 aromatic carbocycles. The van der Waals surface area contributed by atoms with E-state index >= 15 is 0 Å². The second-order valence-corrected chi connectivity index (χ2v) is 11.0. The smallest absolute Gasteiger partial charge is 0.350 e. The van der Waals surface area contributed by atoms with E-state index in [1.165, 1.54) is 4.57 Å². The molecule has 0 spiro atoms. The fourth-order valence-electron chi connectivity index (χ4n) is 6.03. The first-order valence-corrected chi connectivity index (χ1v) is 14.3. The minimum Gasteiger partial charge on any atom is -0.497 e. The number of aromatic nitrogens is 4. The van der Waals surface area contributed by atoms with E-state index in [4.69, 9.17) is 15.8 Å². The zero-order valence-corrected chi connectivity index (χ0v) is 23.9. The first-order valence-electron chi connectivity index (χ1n) is 14.3. The molecule has 1 saturated carbocycles. The Morgan fingerprint density at radius 1 is 1.07 bits per heavy atom. The Labute approximate surface area is 239 Å². The molecule has 1 aliphatic carbocycles. The fourth-order valence-corrected chi connectivity index (χ4v) is 6.03. The Kier molecular flexibility index (Phi) is 7.22. The van der Waals surface area contributed by atoms with Crippen LogP contribution in [-0.2, 0) is 7.05 Å². The van der Waals surface area contributed by atoms with E-state index in [-0.39, 0.29) is 29.6 Å². The molecule has 4 heterocycles. The number of fused-ring (bicyclic) bond motifs is 1. The summed E-state index contributed by atoms with van der Waals surface area (Å²) < 4.78 is 12.8. The quantitative estimate of drug-likeness (QED) is 0.274. The Morgan fingerprint density at radius 2 is 1.83 bits per heavy atom. The van der Waals surface area contributed by atoms with E-state index in [0.717, 1.165) is 55.0 Å². The van der Waals surface area contributed by atoms with E-state index in [1.54, 1.807) is 26.3 Å². The molecule has 0 bridgehead atoms. The summed E-state index contributed by atoms with van der Waals surface area (Å²) in [4.78, 5) is 30.4. The predicted octanol–water partition coefficient (Wildman–Crippen LogP) is 5.22. The number of methoxy groups -OCH3 is 1. The summed E-state index contributed by atoms with van der Waals surface area (Å²) in [5, 5.41) is 4.59. The van der Waals surface area contributed by atoms with Crippen LogP contribution < -0.4 is 15.3 Å². The Hall–Kier alpha value is -4.23. The molecular formula is C31H35N7O3. The standard InChI is InChI=1S/C31H35N7O3/c1-6-21-18-38(30-28-25(36(4)31(39)34-30)14-15-27(32-3)33-28)22(7-2)17-37(21)29(20-10-12-23(40-5)13-11-20)24-16-26(41-35-24)19-8-9-19/h10-16,19,21-22,29H,6-9,17-18H2,1-2,4-5H3/t21-,22+,29?/m1/s1. The van der Waals surface area contributed by atoms with Crippen LogP contribution in [0.25, 0.3) is 15.9 Å². The highest BCUT2D eigenvalue weighted by Gasteiger charge is 2.40. The lowest BCUT2D eigenvalue weighted by atomic mass is 9.94. The van der Waals surface area contributed by atoms with Gasteiger partial charge in [-0.15, -0.1) is 4.98 Å². The maximum atomic E-state index is 13.0. The molecule has 41 heavy (non-hydrogen) atoms. The molecular weight excluding hydrogens is 518 g/mol. The molecule has 2 fully saturated rings. The van der Waals surface area contributed by atoms with Crippen molar-refractivity contribution in [2.24, 2.45) is 7.05 Å². The van der Waals surface area contributed by atoms with Crippen LogP contribution in [0.15, 0.2) is 51.8 Å². The van der Waals surface area contributed by atoms with Gasteiger partial charge in [0.1, 0.15) is 17.2 Å². The van der Waals surface area contributed by atoms with Crippen molar-refractivity contribution in [2.75, 3.05) is 25.1 Å². The molecule has 1 saturated heterocycles. The predicted molar refractivity (Wildman–Crippen MR) is 157 cm³/mol. The van der Waals surface area contributed by atoms with E-state index in [2.05, 4.69) is 61.8 Å². The van der Waals surface area contributed by atoms with Gasteiger partial charge in [-0.2, -0.15) is 4.98 Å². The van der Waals surface area contributed by atoms with Gasteiger partial charge in [0.15, 0.2) is 5.82 Å². The van der Waals surface area contributed by atoms with Gasteiger partial charge >= 0.3 is 5.69 Å². The highest BCUT2D eigenvalue weighted by molar-refractivity contribution is 5.87. The third kappa shape index (κ3) is 4.95. The number of anilines is 1. The van der Waals surface area contributed by atoms with Gasteiger partial charge in [-0.1, -0.05) is 37.7 Å². The van der Waals surface area contributed by atoms with E-state index in [0.29, 0.717) is 29.3 Å². The van der Waals surface area contributed by atoms with Gasteiger partial charge in [0, 0.05) is 44.2 Å². The first-order chi connectivity index (χ1) is 19.9. The normalized spacial score (nSPS) is 20.2. The molecule has 0 amide bonds. The number of benzene rings is 1. The molecule has 1 aliphatic heterocycles. The minimum atomic E-state index is -0.332. The lowest BCUT2D eigenvalue weighted by Gasteiger charge is -2.49. The first kappa shape index (κ1) is 27.0. The highest BCUT2D eigenvalue weighted by Crippen LogP contribution is 2.43. The van der Waals surface area contributed by atoms with Crippen LogP contribution >= 0.6 is 0 Å². The van der Waals surface area contributed by atoms with Crippen LogP contribution in [0.2, 0.25) is 0 Å². The van der Waals surface area contributed by atoms with E-state index in [9.17, 15) is 4.79 Å². The molecule has 3 atom stereocenters. The van der Waals surface area contributed by atoms with Crippen molar-refractivity contribution in [1.82, 2.24) is 24.6 Å². The van der Waals surface area contributed by atoms with Gasteiger partial charge in [-0.25, -0.2) is 4.79 Å². The number of hydrogen-bond donors (Lipinski definition) is 0. The minimum absolute atomic E-state index is 0.0644. The summed E-state index contributed by atoms with van der Waals surface area (Å²) in [5.41, 5.74) is 2.97. The van der Waals surface area contributed by atoms with E-state index < -0.39 is 0 Å². The average molecular weight is 554 g/mol. The van der Waals surface area contributed by atoms with Crippen LogP contribution in [0.4, 0.5) is 11.6 Å². The van der Waals surface area contributed by atoms with Gasteiger partial charge < -0.3 is 19.0 Å². The van der Waals surface area contributed by atoms with Gasteiger partial charge in [-0.05, 0) is 55.5 Å². The summed E-state index contributed by atoms with van der Waals surface area (Å²) in [6.45, 7) is 13.2. The molecule has 10 heteroatoms. The van der Waals surface area contributed by atoms with Crippen LogP contribution in [0.1, 0.15) is 68.5 Å². The molecule has 0 N–H and O–H groups in total. The Bertz CT molecular complexity index is 1650. The van der Waals surface area contributed by atoms with Crippen molar-refractivity contribution >= 4 is 22.7 Å². The molecule has 212 valence electrons. The highest BCUT2D eigenvalue weighted by atomic mass is 16.5. The summed E-state index contributed by atoms with van der Waals surface area (Å²) in [7, 11) is 3.37. The fraction of sp³-hybridized carbons (Fsp3) is 0.452. The summed E-state index contributed by atoms with van der Waals surface area (Å²) >= 11 is 0. The molecule has 4 aromatic rings. The van der Waals surface area contributed by atoms with Crippen molar-refractivity contribution in [1.29, 1.82) is 0 Å². The van der Waals surface area contributed by atoms with E-state index in [1.807, 2.05) is 12.1 Å². The zero-order valence-electron chi connectivity index (χ0n) is 23.9. The van der Waals surface area contributed by atoms with Gasteiger partial charge in [0.2, 0.25) is 5.52 Å². The number of piperazine rings is 1. The van der Waals surface area contributed by atoms with Crippen molar-refractivity contribution in [2.45, 2.75) is 63.6 Å². The van der Waals surface area contributed by atoms with Crippen molar-refractivity contribution in [3.8, 4) is 5.75 Å². The summed E-state index contributed by atoms with van der Waals surface area (Å²) in [5.74, 6) is 3.09. The van der Waals surface area contributed by atoms with Gasteiger partial charge in [0.25, 0.3) is 5.82 Å². The van der Waals surface area contributed by atoms with Crippen LogP contribution in [0, 0.1) is 6.57 Å². The number of ether oxygens (including phenoxy) is 1. The molecule has 6 rings (SSSR count). The van der Waals surface area contributed by atoms with Gasteiger partial charge in [-0.3, -0.25) is 9.47 Å². The zero-order chi connectivity index (χ0) is 28.7. The van der Waals surface area contributed by atoms with Crippen LogP contribution in [-0.4, -0.2) is 56.9 Å². The van der Waals surface area contributed by atoms with Crippen molar-refractivity contribution < 1.29 is 9.26 Å². The molecule has 1 unspecified atom stereocenters. The SMILES string of the molecule is [C-]#[N+]c1ccc2c(n1)c(N1C[C@@H](CC)N(C(c3ccc(OC)cc3)c3cc(C4CC4)on3)C[C@@H]1CC)nc(=O)n2C. The monoisotopic (exact) mass is 553 g/mol. The van der Waals surface area contributed by atoms with Crippen LogP contribution in [0.3, 0.4) is 0 Å². The van der Waals surface area contributed by atoms with Crippen molar-refractivity contribution in [3.63, 3.8) is 0 Å². The van der Waals surface area contributed by atoms with Crippen LogP contribution in [0.5, 0.6) is 5.75 Å². The summed E-state index contributed by atoms with van der Waals surface area (Å²) in [6.07, 6.45) is 4.03. The average Bonchev–Trinajstić information content (AvgIpc) is 3.76. The summed E-state index contributed by atoms with van der Waals surface area (Å²) in [6, 6.07) is 13.9. The number of hydrogen-bond acceptors (Lipinski definition) is 8. The third-order valence-corrected chi connectivity index (χ3v) is 8.56. The number of aryl methyl sites for hydroxylation is 1. The Balaban J connectivity index is 1.42. The van der Waals surface area contributed by atoms with Crippen molar-refractivity contribution in [3.05, 3.63) is 81.4 Å². The molecule has 0 radical (unpaired) electrons. The van der Waals surface area contributed by atoms with Gasteiger partial charge in [0.05, 0.1) is 18.7 Å². The second kappa shape index (κ2) is 11.0. The molecule has 3 aromatic heterocycles. The number of pyridine rings is 1. The lowest BCUT2D eigenvalue weighted by molar-refractivity contribution is 0.107.